The van der Waals surface area contributed by atoms with Crippen LogP contribution in [0.15, 0.2) is 12.2 Å². The van der Waals surface area contributed by atoms with Crippen molar-refractivity contribution in [2.24, 2.45) is 5.41 Å². The van der Waals surface area contributed by atoms with Crippen LogP contribution in [-0.4, -0.2) is 24.5 Å². The van der Waals surface area contributed by atoms with Crippen molar-refractivity contribution in [1.29, 1.82) is 0 Å². The van der Waals surface area contributed by atoms with Crippen LogP contribution in [0.5, 0.6) is 0 Å². The Bertz CT molecular complexity index is 164. The van der Waals surface area contributed by atoms with Crippen molar-refractivity contribution in [2.45, 2.75) is 46.1 Å². The molecule has 1 aliphatic carbocycles. The van der Waals surface area contributed by atoms with Crippen LogP contribution < -0.4 is 0 Å². The molecule has 1 atom stereocenters. The van der Waals surface area contributed by atoms with Crippen LogP contribution in [0, 0.1) is 5.41 Å². The topological polar surface area (TPSA) is 3.24 Å². The van der Waals surface area contributed by atoms with E-state index in [1.807, 2.05) is 13.8 Å². The zero-order chi connectivity index (χ0) is 9.90. The molecular formula is C12H23N. The van der Waals surface area contributed by atoms with E-state index in [4.69, 9.17) is 0 Å². The highest BCUT2D eigenvalue weighted by Gasteiger charge is 2.40. The number of hydrogen-bond donors (Lipinski definition) is 0. The molecule has 0 aromatic rings. The maximum atomic E-state index is 2.49. The van der Waals surface area contributed by atoms with Crippen LogP contribution in [-0.2, 0) is 0 Å². The molecule has 0 radical (unpaired) electrons. The van der Waals surface area contributed by atoms with Gasteiger partial charge in [-0.25, -0.2) is 0 Å². The summed E-state index contributed by atoms with van der Waals surface area (Å²) >= 11 is 0. The van der Waals surface area contributed by atoms with Crippen LogP contribution >= 0.6 is 0 Å². The van der Waals surface area contributed by atoms with Crippen molar-refractivity contribution in [1.82, 2.24) is 4.90 Å². The maximum absolute atomic E-state index is 2.49. The van der Waals surface area contributed by atoms with E-state index in [1.165, 1.54) is 25.8 Å². The summed E-state index contributed by atoms with van der Waals surface area (Å²) in [6, 6.07) is 0.801. The lowest BCUT2D eigenvalue weighted by Gasteiger charge is -2.21. The normalized spacial score (nSPS) is 30.6. The first-order chi connectivity index (χ1) is 6.22. The molecule has 1 fully saturated rings. The first kappa shape index (κ1) is 10.8. The molecule has 13 heavy (non-hydrogen) atoms. The van der Waals surface area contributed by atoms with Gasteiger partial charge in [0.2, 0.25) is 0 Å². The van der Waals surface area contributed by atoms with Crippen LogP contribution in [0.25, 0.3) is 0 Å². The zero-order valence-corrected chi connectivity index (χ0v) is 9.51. The third-order valence-corrected chi connectivity index (χ3v) is 3.33. The standard InChI is InChI=1S/C10H17N.C2H6/c1-9-7-10(8-11(9)2)5-3-4-6-10;1-2/h3-4,9H,5-8H2,1-2H3;1-2H3. The number of likely N-dealkylation sites (tertiary alicyclic amines) is 1. The molecule has 0 saturated carbocycles. The SMILES string of the molecule is CC.CC1CC2(CC=CC2)CN1C. The Labute approximate surface area is 82.8 Å². The largest absolute Gasteiger partial charge is 0.303 e. The minimum atomic E-state index is 0.647. The molecule has 1 spiro atoms. The lowest BCUT2D eigenvalue weighted by atomic mass is 9.83. The van der Waals surface area contributed by atoms with Gasteiger partial charge in [-0.05, 0) is 38.6 Å². The lowest BCUT2D eigenvalue weighted by Crippen LogP contribution is -2.24. The summed E-state index contributed by atoms with van der Waals surface area (Å²) in [7, 11) is 2.25. The van der Waals surface area contributed by atoms with E-state index in [1.54, 1.807) is 0 Å². The van der Waals surface area contributed by atoms with Gasteiger partial charge >= 0.3 is 0 Å². The summed E-state index contributed by atoms with van der Waals surface area (Å²) in [5.41, 5.74) is 0.647. The van der Waals surface area contributed by atoms with Crippen LogP contribution in [0.1, 0.15) is 40.0 Å². The van der Waals surface area contributed by atoms with Gasteiger partial charge in [-0.3, -0.25) is 0 Å². The lowest BCUT2D eigenvalue weighted by molar-refractivity contribution is 0.288. The predicted molar refractivity (Wildman–Crippen MR) is 58.9 cm³/mol. The fraction of sp³-hybridized carbons (Fsp3) is 0.833. The molecule has 0 N–H and O–H groups in total. The minimum absolute atomic E-state index is 0.647. The molecule has 2 rings (SSSR count). The monoisotopic (exact) mass is 181 g/mol. The fourth-order valence-corrected chi connectivity index (χ4v) is 2.58. The van der Waals surface area contributed by atoms with Gasteiger partial charge in [-0.1, -0.05) is 26.0 Å². The van der Waals surface area contributed by atoms with Gasteiger partial charge in [0.1, 0.15) is 0 Å². The molecule has 1 unspecified atom stereocenters. The number of nitrogens with zero attached hydrogens (tertiary/aromatic N) is 1. The first-order valence-corrected chi connectivity index (χ1v) is 5.57. The van der Waals surface area contributed by atoms with Crippen molar-refractivity contribution < 1.29 is 0 Å². The van der Waals surface area contributed by atoms with Crippen molar-refractivity contribution in [2.75, 3.05) is 13.6 Å². The third kappa shape index (κ3) is 2.14. The number of rotatable bonds is 0. The molecule has 0 aromatic heterocycles. The smallest absolute Gasteiger partial charge is 0.00701 e. The molecule has 1 heteroatoms. The third-order valence-electron chi connectivity index (χ3n) is 3.33. The molecule has 0 amide bonds. The van der Waals surface area contributed by atoms with Crippen LogP contribution in [0.4, 0.5) is 0 Å². The summed E-state index contributed by atoms with van der Waals surface area (Å²) in [5, 5.41) is 0. The van der Waals surface area contributed by atoms with E-state index in [0.717, 1.165) is 6.04 Å². The summed E-state index contributed by atoms with van der Waals surface area (Å²) in [6.45, 7) is 7.65. The van der Waals surface area contributed by atoms with Gasteiger partial charge in [0, 0.05) is 12.6 Å². The molecule has 2 aliphatic rings. The fourth-order valence-electron chi connectivity index (χ4n) is 2.58. The Morgan fingerprint density at radius 1 is 1.23 bits per heavy atom. The Balaban J connectivity index is 0.000000396. The summed E-state index contributed by atoms with van der Waals surface area (Å²) in [4.78, 5) is 2.49. The van der Waals surface area contributed by atoms with Gasteiger partial charge in [0.25, 0.3) is 0 Å². The van der Waals surface area contributed by atoms with Crippen LogP contribution in [0.2, 0.25) is 0 Å². The van der Waals surface area contributed by atoms with Crippen LogP contribution in [0.3, 0.4) is 0 Å². The average Bonchev–Trinajstić information content (AvgIpc) is 2.66. The highest BCUT2D eigenvalue weighted by molar-refractivity contribution is 5.07. The maximum Gasteiger partial charge on any atom is 0.00701 e. The van der Waals surface area contributed by atoms with Crippen molar-refractivity contribution >= 4 is 0 Å². The summed E-state index contributed by atoms with van der Waals surface area (Å²) in [6.07, 6.45) is 8.75. The highest BCUT2D eigenvalue weighted by atomic mass is 15.2. The zero-order valence-electron chi connectivity index (χ0n) is 9.51. The number of allylic oxidation sites excluding steroid dienone is 2. The summed E-state index contributed by atoms with van der Waals surface area (Å²) in [5.74, 6) is 0. The van der Waals surface area contributed by atoms with Gasteiger partial charge in [-0.15, -0.1) is 0 Å². The predicted octanol–water partition coefficient (Wildman–Crippen LogP) is 3.07. The van der Waals surface area contributed by atoms with E-state index >= 15 is 0 Å². The second kappa shape index (κ2) is 4.28. The molecule has 76 valence electrons. The second-order valence-electron chi connectivity index (χ2n) is 4.35. The molecule has 1 heterocycles. The van der Waals surface area contributed by atoms with E-state index in [-0.39, 0.29) is 0 Å². The van der Waals surface area contributed by atoms with E-state index in [2.05, 4.69) is 31.0 Å². The Morgan fingerprint density at radius 2 is 1.77 bits per heavy atom. The number of hydrogen-bond acceptors (Lipinski definition) is 1. The van der Waals surface area contributed by atoms with Gasteiger partial charge < -0.3 is 4.90 Å². The molecule has 1 saturated heterocycles. The molecule has 0 bridgehead atoms. The Morgan fingerprint density at radius 3 is 2.15 bits per heavy atom. The Kier molecular flexibility index (Phi) is 3.55. The first-order valence-electron chi connectivity index (χ1n) is 5.57. The van der Waals surface area contributed by atoms with Crippen molar-refractivity contribution in [3.63, 3.8) is 0 Å². The van der Waals surface area contributed by atoms with E-state index in [0.29, 0.717) is 5.41 Å². The molecule has 0 aromatic carbocycles. The minimum Gasteiger partial charge on any atom is -0.303 e. The van der Waals surface area contributed by atoms with Crippen molar-refractivity contribution in [3.05, 3.63) is 12.2 Å². The van der Waals surface area contributed by atoms with Crippen molar-refractivity contribution in [3.8, 4) is 0 Å². The van der Waals surface area contributed by atoms with Gasteiger partial charge in [0.05, 0.1) is 0 Å². The van der Waals surface area contributed by atoms with Gasteiger partial charge in [0.15, 0.2) is 0 Å². The van der Waals surface area contributed by atoms with E-state index < -0.39 is 0 Å². The van der Waals surface area contributed by atoms with Gasteiger partial charge in [-0.2, -0.15) is 0 Å². The molecule has 1 aliphatic heterocycles. The molecule has 1 nitrogen and oxygen atoms in total. The average molecular weight is 181 g/mol. The quantitative estimate of drug-likeness (QED) is 0.519. The van der Waals surface area contributed by atoms with E-state index in [9.17, 15) is 0 Å². The highest BCUT2D eigenvalue weighted by Crippen LogP contribution is 2.43. The second-order valence-corrected chi connectivity index (χ2v) is 4.35. The molecular weight excluding hydrogens is 158 g/mol. The Hall–Kier alpha value is -0.300. The summed E-state index contributed by atoms with van der Waals surface area (Å²) < 4.78 is 0.